The van der Waals surface area contributed by atoms with Gasteiger partial charge in [-0.2, -0.15) is 0 Å². The Hall–Kier alpha value is -0.570. The van der Waals surface area contributed by atoms with E-state index in [0.29, 0.717) is 0 Å². The van der Waals surface area contributed by atoms with E-state index in [0.717, 1.165) is 38.5 Å². The molecule has 3 N–H and O–H groups in total. The number of carboxylic acid groups (broad SMARTS) is 1. The van der Waals surface area contributed by atoms with Gasteiger partial charge < -0.3 is 10.8 Å². The first kappa shape index (κ1) is 18.5. The lowest BCUT2D eigenvalue weighted by Crippen LogP contribution is -2.50. The molecule has 0 aromatic heterocycles. The van der Waals surface area contributed by atoms with Crippen molar-refractivity contribution in [1.82, 2.24) is 0 Å². The quantitative estimate of drug-likeness (QED) is 0.688. The Bertz CT molecular complexity index is 322. The van der Waals surface area contributed by atoms with E-state index >= 15 is 0 Å². The molecule has 0 aliphatic heterocycles. The highest BCUT2D eigenvalue weighted by Gasteiger charge is 2.43. The van der Waals surface area contributed by atoms with Crippen LogP contribution in [-0.2, 0) is 4.79 Å². The highest BCUT2D eigenvalue weighted by molar-refractivity contribution is 5.71. The maximum absolute atomic E-state index is 11.9. The Morgan fingerprint density at radius 3 is 2.00 bits per heavy atom. The average molecular weight is 297 g/mol. The smallest absolute Gasteiger partial charge is 0.308 e. The van der Waals surface area contributed by atoms with Gasteiger partial charge in [-0.25, -0.2) is 0 Å². The molecule has 3 heteroatoms. The van der Waals surface area contributed by atoms with Crippen LogP contribution in [0.1, 0.15) is 85.5 Å². The van der Waals surface area contributed by atoms with Crippen LogP contribution in [0.15, 0.2) is 0 Å². The number of aliphatic carboxylic acids is 1. The molecule has 0 heterocycles. The average Bonchev–Trinajstić information content (AvgIpc) is 2.49. The van der Waals surface area contributed by atoms with Crippen molar-refractivity contribution in [2.24, 2.45) is 22.5 Å². The van der Waals surface area contributed by atoms with Crippen molar-refractivity contribution in [3.63, 3.8) is 0 Å². The molecule has 2 atom stereocenters. The molecule has 0 amide bonds. The van der Waals surface area contributed by atoms with Gasteiger partial charge in [0.1, 0.15) is 0 Å². The molecule has 0 saturated heterocycles. The molecule has 0 bridgehead atoms. The predicted octanol–water partition coefficient (Wildman–Crippen LogP) is 4.59. The molecular weight excluding hydrogens is 262 g/mol. The lowest BCUT2D eigenvalue weighted by Gasteiger charge is -2.44. The van der Waals surface area contributed by atoms with Crippen LogP contribution in [-0.4, -0.2) is 17.1 Å². The summed E-state index contributed by atoms with van der Waals surface area (Å²) in [4.78, 5) is 11.9. The molecule has 2 unspecified atom stereocenters. The molecule has 0 radical (unpaired) electrons. The van der Waals surface area contributed by atoms with Gasteiger partial charge in [0, 0.05) is 6.04 Å². The molecule has 1 saturated carbocycles. The first-order valence-corrected chi connectivity index (χ1v) is 8.82. The lowest BCUT2D eigenvalue weighted by molar-refractivity contribution is -0.145. The van der Waals surface area contributed by atoms with E-state index in [1.165, 1.54) is 19.3 Å². The molecule has 0 spiro atoms. The minimum absolute atomic E-state index is 0.00225. The Labute approximate surface area is 130 Å². The van der Waals surface area contributed by atoms with Gasteiger partial charge in [-0.05, 0) is 30.1 Å². The van der Waals surface area contributed by atoms with Crippen LogP contribution in [0.25, 0.3) is 0 Å². The third-order valence-corrected chi connectivity index (χ3v) is 6.45. The molecule has 0 aromatic carbocycles. The molecule has 1 rings (SSSR count). The summed E-state index contributed by atoms with van der Waals surface area (Å²) in [5.41, 5.74) is 6.65. The van der Waals surface area contributed by atoms with Gasteiger partial charge in [-0.1, -0.05) is 66.2 Å². The normalized spacial score (nSPS) is 21.8. The summed E-state index contributed by atoms with van der Waals surface area (Å²) >= 11 is 0. The van der Waals surface area contributed by atoms with Gasteiger partial charge in [0.25, 0.3) is 0 Å². The maximum Gasteiger partial charge on any atom is 0.308 e. The third kappa shape index (κ3) is 4.21. The molecule has 1 fully saturated rings. The van der Waals surface area contributed by atoms with Crippen LogP contribution in [0, 0.1) is 16.7 Å². The first-order chi connectivity index (χ1) is 9.84. The molecule has 1 aliphatic carbocycles. The second-order valence-corrected chi connectivity index (χ2v) is 7.45. The SMILES string of the molecule is CCC(CC)(CC)CC(C(=O)O)C(N)C1(C)CCCCC1. The van der Waals surface area contributed by atoms with E-state index in [-0.39, 0.29) is 16.9 Å². The molecule has 124 valence electrons. The van der Waals surface area contributed by atoms with Crippen molar-refractivity contribution >= 4 is 5.97 Å². The number of carbonyl (C=O) groups is 1. The predicted molar refractivity (Wildman–Crippen MR) is 88.2 cm³/mol. The Balaban J connectivity index is 2.92. The number of carboxylic acids is 1. The van der Waals surface area contributed by atoms with Crippen LogP contribution in [0.3, 0.4) is 0 Å². The van der Waals surface area contributed by atoms with Crippen molar-refractivity contribution in [3.05, 3.63) is 0 Å². The second-order valence-electron chi connectivity index (χ2n) is 7.45. The topological polar surface area (TPSA) is 63.3 Å². The summed E-state index contributed by atoms with van der Waals surface area (Å²) in [6, 6.07) is -0.223. The Kier molecular flexibility index (Phi) is 6.71. The fourth-order valence-electron chi connectivity index (χ4n) is 4.20. The van der Waals surface area contributed by atoms with Crippen molar-refractivity contribution in [3.8, 4) is 0 Å². The molecule has 0 aromatic rings. The molecule has 21 heavy (non-hydrogen) atoms. The monoisotopic (exact) mass is 297 g/mol. The fourth-order valence-corrected chi connectivity index (χ4v) is 4.20. The Morgan fingerprint density at radius 2 is 1.62 bits per heavy atom. The number of nitrogens with two attached hydrogens (primary N) is 1. The Morgan fingerprint density at radius 1 is 1.14 bits per heavy atom. The van der Waals surface area contributed by atoms with Gasteiger partial charge >= 0.3 is 5.97 Å². The van der Waals surface area contributed by atoms with Crippen LogP contribution in [0.2, 0.25) is 0 Å². The van der Waals surface area contributed by atoms with Crippen LogP contribution in [0.5, 0.6) is 0 Å². The van der Waals surface area contributed by atoms with Crippen LogP contribution in [0.4, 0.5) is 0 Å². The zero-order valence-corrected chi connectivity index (χ0v) is 14.5. The zero-order valence-electron chi connectivity index (χ0n) is 14.5. The van der Waals surface area contributed by atoms with Gasteiger partial charge in [-0.3, -0.25) is 4.79 Å². The van der Waals surface area contributed by atoms with E-state index in [4.69, 9.17) is 5.73 Å². The number of rotatable bonds is 8. The van der Waals surface area contributed by atoms with Gasteiger partial charge in [-0.15, -0.1) is 0 Å². The summed E-state index contributed by atoms with van der Waals surface area (Å²) < 4.78 is 0. The van der Waals surface area contributed by atoms with Crippen LogP contribution < -0.4 is 5.73 Å². The molecular formula is C18H35NO2. The standard InChI is InChI=1S/C18H35NO2/c1-5-18(6-2,7-3)13-14(16(20)21)15(19)17(4)11-9-8-10-12-17/h14-15H,5-13,19H2,1-4H3,(H,20,21). The fraction of sp³-hybridized carbons (Fsp3) is 0.944. The van der Waals surface area contributed by atoms with Gasteiger partial charge in [0.15, 0.2) is 0 Å². The maximum atomic E-state index is 11.9. The zero-order chi connectivity index (χ0) is 16.1. The third-order valence-electron chi connectivity index (χ3n) is 6.45. The van der Waals surface area contributed by atoms with E-state index in [2.05, 4.69) is 27.7 Å². The molecule has 3 nitrogen and oxygen atoms in total. The van der Waals surface area contributed by atoms with Crippen molar-refractivity contribution in [2.45, 2.75) is 91.5 Å². The van der Waals surface area contributed by atoms with E-state index in [1.54, 1.807) is 0 Å². The summed E-state index contributed by atoms with van der Waals surface area (Å²) in [5, 5.41) is 9.76. The largest absolute Gasteiger partial charge is 0.481 e. The summed E-state index contributed by atoms with van der Waals surface area (Å²) in [5.74, 6) is -1.11. The minimum Gasteiger partial charge on any atom is -0.481 e. The highest BCUT2D eigenvalue weighted by Crippen LogP contribution is 2.45. The van der Waals surface area contributed by atoms with Crippen LogP contribution >= 0.6 is 0 Å². The lowest BCUT2D eigenvalue weighted by atomic mass is 9.63. The summed E-state index contributed by atoms with van der Waals surface area (Å²) in [7, 11) is 0. The minimum atomic E-state index is -0.700. The summed E-state index contributed by atoms with van der Waals surface area (Å²) in [6.07, 6.45) is 9.64. The van der Waals surface area contributed by atoms with E-state index in [9.17, 15) is 9.90 Å². The van der Waals surface area contributed by atoms with Gasteiger partial charge in [0.2, 0.25) is 0 Å². The number of hydrogen-bond acceptors (Lipinski definition) is 2. The summed E-state index contributed by atoms with van der Waals surface area (Å²) in [6.45, 7) is 8.75. The highest BCUT2D eigenvalue weighted by atomic mass is 16.4. The molecule has 1 aliphatic rings. The van der Waals surface area contributed by atoms with Crippen molar-refractivity contribution in [1.29, 1.82) is 0 Å². The van der Waals surface area contributed by atoms with E-state index < -0.39 is 11.9 Å². The van der Waals surface area contributed by atoms with E-state index in [1.807, 2.05) is 0 Å². The number of hydrogen-bond donors (Lipinski definition) is 2. The first-order valence-electron chi connectivity index (χ1n) is 8.82. The van der Waals surface area contributed by atoms with Crippen molar-refractivity contribution in [2.75, 3.05) is 0 Å². The van der Waals surface area contributed by atoms with Crippen molar-refractivity contribution < 1.29 is 9.90 Å². The second kappa shape index (κ2) is 7.62. The van der Waals surface area contributed by atoms with Gasteiger partial charge in [0.05, 0.1) is 5.92 Å².